The summed E-state index contributed by atoms with van der Waals surface area (Å²) in [5, 5.41) is 17.2. The molecule has 1 aliphatic carbocycles. The number of rotatable bonds is 8. The summed E-state index contributed by atoms with van der Waals surface area (Å²) in [5.41, 5.74) is 3.34. The summed E-state index contributed by atoms with van der Waals surface area (Å²) >= 11 is 0. The maximum Gasteiger partial charge on any atom is 0.248 e. The molecule has 0 unspecified atom stereocenters. The molecule has 0 radical (unpaired) electrons. The molecule has 7 nitrogen and oxygen atoms in total. The van der Waals surface area contributed by atoms with Crippen LogP contribution in [-0.4, -0.2) is 49.1 Å². The van der Waals surface area contributed by atoms with E-state index in [2.05, 4.69) is 21.7 Å². The van der Waals surface area contributed by atoms with Crippen molar-refractivity contribution in [1.29, 1.82) is 5.26 Å². The molecule has 32 heavy (non-hydrogen) atoms. The first-order valence-corrected chi connectivity index (χ1v) is 11.3. The number of benzene rings is 1. The summed E-state index contributed by atoms with van der Waals surface area (Å²) in [7, 11) is 3.89. The number of likely N-dealkylation sites (N-methyl/N-ethyl adjacent to an activating group) is 1. The highest BCUT2D eigenvalue weighted by Crippen LogP contribution is 2.37. The molecule has 1 aliphatic rings. The summed E-state index contributed by atoms with van der Waals surface area (Å²) in [5.74, 6) is 0.337. The number of aryl methyl sites for hydroxylation is 1. The van der Waals surface area contributed by atoms with E-state index in [0.29, 0.717) is 41.9 Å². The van der Waals surface area contributed by atoms with Gasteiger partial charge in [-0.2, -0.15) is 5.26 Å². The molecule has 0 bridgehead atoms. The molecular formula is C25H33N5O2. The minimum Gasteiger partial charge on any atom is -0.492 e. The van der Waals surface area contributed by atoms with Crippen molar-refractivity contribution in [2.75, 3.05) is 37.9 Å². The zero-order valence-electron chi connectivity index (χ0n) is 19.5. The summed E-state index contributed by atoms with van der Waals surface area (Å²) < 4.78 is 5.80. The predicted octanol–water partition coefficient (Wildman–Crippen LogP) is 4.61. The fraction of sp³-hybridized carbons (Fsp3) is 0.480. The van der Waals surface area contributed by atoms with Crippen LogP contribution < -0.4 is 15.4 Å². The van der Waals surface area contributed by atoms with Crippen molar-refractivity contribution >= 4 is 28.2 Å². The number of nitrogens with zero attached hydrogens (tertiary/aromatic N) is 3. The number of fused-ring (bicyclic) bond motifs is 1. The molecule has 0 aliphatic heterocycles. The third-order valence-electron chi connectivity index (χ3n) is 5.63. The van der Waals surface area contributed by atoms with Crippen LogP contribution in [0.25, 0.3) is 10.9 Å². The topological polar surface area (TPSA) is 90.3 Å². The van der Waals surface area contributed by atoms with Crippen LogP contribution in [0, 0.1) is 18.3 Å². The van der Waals surface area contributed by atoms with E-state index in [1.807, 2.05) is 51.1 Å². The average molecular weight is 436 g/mol. The molecule has 1 heterocycles. The highest BCUT2D eigenvalue weighted by atomic mass is 16.5. The molecule has 1 fully saturated rings. The van der Waals surface area contributed by atoms with Crippen LogP contribution in [0.15, 0.2) is 24.3 Å². The van der Waals surface area contributed by atoms with Crippen LogP contribution in [0.1, 0.15) is 50.3 Å². The van der Waals surface area contributed by atoms with Gasteiger partial charge in [0.1, 0.15) is 11.8 Å². The molecule has 1 saturated carbocycles. The summed E-state index contributed by atoms with van der Waals surface area (Å²) in [6.07, 6.45) is 9.15. The fourth-order valence-corrected chi connectivity index (χ4v) is 4.07. The van der Waals surface area contributed by atoms with Gasteiger partial charge in [-0.05, 0) is 46.9 Å². The normalized spacial score (nSPS) is 14.6. The molecule has 2 aromatic rings. The Labute approximate surface area is 190 Å². The number of aromatic nitrogens is 1. The second-order valence-electron chi connectivity index (χ2n) is 8.49. The number of nitriles is 1. The first kappa shape index (κ1) is 23.6. The van der Waals surface area contributed by atoms with Gasteiger partial charge in [-0.3, -0.25) is 9.78 Å². The predicted molar refractivity (Wildman–Crippen MR) is 129 cm³/mol. The van der Waals surface area contributed by atoms with E-state index in [4.69, 9.17) is 4.74 Å². The second-order valence-corrected chi connectivity index (χ2v) is 8.49. The van der Waals surface area contributed by atoms with Gasteiger partial charge < -0.3 is 20.3 Å². The lowest BCUT2D eigenvalue weighted by Gasteiger charge is -2.26. The van der Waals surface area contributed by atoms with E-state index in [1.54, 1.807) is 0 Å². The van der Waals surface area contributed by atoms with Gasteiger partial charge in [0, 0.05) is 30.1 Å². The van der Waals surface area contributed by atoms with Gasteiger partial charge in [-0.25, -0.2) is 0 Å². The summed E-state index contributed by atoms with van der Waals surface area (Å²) in [6, 6.07) is 6.37. The van der Waals surface area contributed by atoms with Crippen molar-refractivity contribution in [1.82, 2.24) is 9.88 Å². The van der Waals surface area contributed by atoms with Crippen molar-refractivity contribution in [2.24, 2.45) is 0 Å². The SMILES string of the molecule is CCOc1cc2nc(C)c(C#N)c(NC3CCCCC3)c2cc1NC(=O)/C=C/CN(C)C. The molecule has 170 valence electrons. The Kier molecular flexibility index (Phi) is 8.07. The summed E-state index contributed by atoms with van der Waals surface area (Å²) in [6.45, 7) is 4.90. The number of pyridine rings is 1. The Morgan fingerprint density at radius 3 is 2.72 bits per heavy atom. The van der Waals surface area contributed by atoms with Crippen molar-refractivity contribution in [3.63, 3.8) is 0 Å². The van der Waals surface area contributed by atoms with E-state index in [1.165, 1.54) is 25.3 Å². The third-order valence-corrected chi connectivity index (χ3v) is 5.63. The van der Waals surface area contributed by atoms with E-state index in [-0.39, 0.29) is 5.91 Å². The average Bonchev–Trinajstić information content (AvgIpc) is 2.75. The molecule has 1 aromatic carbocycles. The van der Waals surface area contributed by atoms with Gasteiger partial charge in [-0.15, -0.1) is 0 Å². The van der Waals surface area contributed by atoms with Gasteiger partial charge in [0.05, 0.1) is 34.8 Å². The molecule has 1 amide bonds. The van der Waals surface area contributed by atoms with Crippen LogP contribution in [0.2, 0.25) is 0 Å². The van der Waals surface area contributed by atoms with Gasteiger partial charge >= 0.3 is 0 Å². The number of anilines is 2. The molecule has 0 atom stereocenters. The number of nitrogens with one attached hydrogen (secondary N) is 2. The number of hydrogen-bond donors (Lipinski definition) is 2. The van der Waals surface area contributed by atoms with Crippen LogP contribution in [0.3, 0.4) is 0 Å². The molecule has 3 rings (SSSR count). The second kappa shape index (κ2) is 11.0. The number of carbonyl (C=O) groups excluding carboxylic acids is 1. The Morgan fingerprint density at radius 2 is 2.06 bits per heavy atom. The monoisotopic (exact) mass is 435 g/mol. The standard InChI is InChI=1S/C25H33N5O2/c1-5-32-23-15-21-19(14-22(23)29-24(31)12-9-13-30(3)4)25(20(16-26)17(2)27-21)28-18-10-7-6-8-11-18/h9,12,14-15,18H,5-8,10-11,13H2,1-4H3,(H,27,28)(H,29,31)/b12-9+. The number of carbonyl (C=O) groups is 1. The lowest BCUT2D eigenvalue weighted by atomic mass is 9.94. The van der Waals surface area contributed by atoms with Crippen molar-refractivity contribution in [3.05, 3.63) is 35.5 Å². The first-order chi connectivity index (χ1) is 15.4. The minimum absolute atomic E-state index is 0.227. The van der Waals surface area contributed by atoms with Gasteiger partial charge in [0.25, 0.3) is 0 Å². The maximum absolute atomic E-state index is 12.5. The molecule has 2 N–H and O–H groups in total. The first-order valence-electron chi connectivity index (χ1n) is 11.3. The van der Waals surface area contributed by atoms with Gasteiger partial charge in [0.15, 0.2) is 0 Å². The van der Waals surface area contributed by atoms with E-state index in [9.17, 15) is 10.1 Å². The van der Waals surface area contributed by atoms with Crippen LogP contribution in [0.5, 0.6) is 5.75 Å². The van der Waals surface area contributed by atoms with Crippen LogP contribution in [-0.2, 0) is 4.79 Å². The number of ether oxygens (including phenoxy) is 1. The fourth-order valence-electron chi connectivity index (χ4n) is 4.07. The molecule has 0 spiro atoms. The largest absolute Gasteiger partial charge is 0.492 e. The van der Waals surface area contributed by atoms with Gasteiger partial charge in [0.2, 0.25) is 5.91 Å². The molecule has 7 heteroatoms. The highest BCUT2D eigenvalue weighted by Gasteiger charge is 2.20. The van der Waals surface area contributed by atoms with E-state index in [0.717, 1.165) is 29.4 Å². The summed E-state index contributed by atoms with van der Waals surface area (Å²) in [4.78, 5) is 19.1. The number of hydrogen-bond acceptors (Lipinski definition) is 6. The lowest BCUT2D eigenvalue weighted by Crippen LogP contribution is -2.23. The van der Waals surface area contributed by atoms with Crippen molar-refractivity contribution in [3.8, 4) is 11.8 Å². The quantitative estimate of drug-likeness (QED) is 0.588. The number of amides is 1. The lowest BCUT2D eigenvalue weighted by molar-refractivity contribution is -0.111. The van der Waals surface area contributed by atoms with E-state index < -0.39 is 0 Å². The third kappa shape index (κ3) is 5.77. The zero-order valence-corrected chi connectivity index (χ0v) is 19.5. The highest BCUT2D eigenvalue weighted by molar-refractivity contribution is 6.04. The molecular weight excluding hydrogens is 402 g/mol. The Hall–Kier alpha value is -3.11. The van der Waals surface area contributed by atoms with Crippen molar-refractivity contribution < 1.29 is 9.53 Å². The molecule has 0 saturated heterocycles. The van der Waals surface area contributed by atoms with E-state index >= 15 is 0 Å². The van der Waals surface area contributed by atoms with Crippen LogP contribution >= 0.6 is 0 Å². The van der Waals surface area contributed by atoms with Gasteiger partial charge in [-0.1, -0.05) is 25.3 Å². The van der Waals surface area contributed by atoms with Crippen LogP contribution in [0.4, 0.5) is 11.4 Å². The Morgan fingerprint density at radius 1 is 1.31 bits per heavy atom. The Bertz CT molecular complexity index is 1030. The minimum atomic E-state index is -0.227. The van der Waals surface area contributed by atoms with Crippen molar-refractivity contribution in [2.45, 2.75) is 52.0 Å². The smallest absolute Gasteiger partial charge is 0.248 e. The maximum atomic E-state index is 12.5. The Balaban J connectivity index is 2.04. The zero-order chi connectivity index (χ0) is 23.1. The molecule has 1 aromatic heterocycles.